The predicted molar refractivity (Wildman–Crippen MR) is 201 cm³/mol. The van der Waals surface area contributed by atoms with Crippen molar-refractivity contribution in [3.05, 3.63) is 180 Å². The highest BCUT2D eigenvalue weighted by molar-refractivity contribution is 6.11. The Bertz CT molecular complexity index is 2950. The van der Waals surface area contributed by atoms with Crippen LogP contribution in [0.4, 0.5) is 0 Å². The molecule has 0 amide bonds. The highest BCUT2D eigenvalue weighted by Gasteiger charge is 2.20. The summed E-state index contributed by atoms with van der Waals surface area (Å²) in [4.78, 5) is 19.7. The normalized spacial score (nSPS) is 11.8. The van der Waals surface area contributed by atoms with Gasteiger partial charge in [-0.1, -0.05) is 84.9 Å². The number of hydrogen-bond donors (Lipinski definition) is 0. The molecule has 0 atom stereocenters. The first-order valence-corrected chi connectivity index (χ1v) is 16.4. The van der Waals surface area contributed by atoms with Crippen molar-refractivity contribution in [3.8, 4) is 28.5 Å². The van der Waals surface area contributed by atoms with Gasteiger partial charge >= 0.3 is 0 Å². The quantitative estimate of drug-likeness (QED) is 0.195. The minimum absolute atomic E-state index is 0.0986. The molecule has 10 aromatic rings. The molecule has 0 aliphatic heterocycles. The minimum atomic E-state index is -0.0986. The van der Waals surface area contributed by atoms with E-state index >= 15 is 0 Å². The van der Waals surface area contributed by atoms with Gasteiger partial charge in [0, 0.05) is 38.5 Å². The summed E-state index contributed by atoms with van der Waals surface area (Å²) in [6, 6.07) is 58.1. The van der Waals surface area contributed by atoms with Crippen molar-refractivity contribution in [2.24, 2.45) is 0 Å². The summed E-state index contributed by atoms with van der Waals surface area (Å²) in [5.41, 5.74) is 8.84. The first-order chi connectivity index (χ1) is 24.2. The Kier molecular flexibility index (Phi) is 5.96. The number of benzene rings is 7. The highest BCUT2D eigenvalue weighted by Crippen LogP contribution is 2.37. The smallest absolute Gasteiger partial charge is 0.266 e. The molecule has 0 spiro atoms. The van der Waals surface area contributed by atoms with E-state index in [1.54, 1.807) is 4.57 Å². The van der Waals surface area contributed by atoms with Crippen molar-refractivity contribution in [2.75, 3.05) is 0 Å². The van der Waals surface area contributed by atoms with Crippen LogP contribution in [-0.2, 0) is 0 Å². The molecule has 3 heterocycles. The second-order valence-corrected chi connectivity index (χ2v) is 12.4. The van der Waals surface area contributed by atoms with Gasteiger partial charge in [-0.3, -0.25) is 9.36 Å². The molecule has 0 radical (unpaired) electrons. The van der Waals surface area contributed by atoms with Gasteiger partial charge in [0.25, 0.3) is 5.56 Å². The summed E-state index contributed by atoms with van der Waals surface area (Å²) in [5, 5.41) is 5.03. The third-order valence-corrected chi connectivity index (χ3v) is 9.65. The lowest BCUT2D eigenvalue weighted by Crippen LogP contribution is -2.22. The fraction of sp³-hybridized carbons (Fsp3) is 0. The second kappa shape index (κ2) is 10.7. The van der Waals surface area contributed by atoms with Gasteiger partial charge in [-0.15, -0.1) is 0 Å². The Balaban J connectivity index is 1.25. The molecule has 0 saturated carbocycles. The van der Waals surface area contributed by atoms with Gasteiger partial charge in [0.05, 0.1) is 38.7 Å². The van der Waals surface area contributed by atoms with Crippen LogP contribution in [0.25, 0.3) is 83.0 Å². The monoisotopic (exact) mass is 628 g/mol. The Morgan fingerprint density at radius 1 is 0.367 bits per heavy atom. The number of aromatic nitrogens is 4. The van der Waals surface area contributed by atoms with E-state index in [1.807, 2.05) is 42.5 Å². The van der Waals surface area contributed by atoms with Crippen LogP contribution in [0.3, 0.4) is 0 Å². The predicted octanol–water partition coefficient (Wildman–Crippen LogP) is 10.2. The zero-order chi connectivity index (χ0) is 32.5. The highest BCUT2D eigenvalue weighted by atomic mass is 16.1. The molecule has 0 saturated heterocycles. The van der Waals surface area contributed by atoms with Gasteiger partial charge in [0.15, 0.2) is 0 Å². The van der Waals surface area contributed by atoms with Crippen molar-refractivity contribution in [1.29, 1.82) is 0 Å². The number of nitrogens with zero attached hydrogens (tertiary/aromatic N) is 4. The van der Waals surface area contributed by atoms with E-state index in [-0.39, 0.29) is 5.56 Å². The van der Waals surface area contributed by atoms with Crippen molar-refractivity contribution in [2.45, 2.75) is 0 Å². The molecule has 7 aromatic carbocycles. The largest absolute Gasteiger partial charge is 0.309 e. The summed E-state index contributed by atoms with van der Waals surface area (Å²) in [6.07, 6.45) is 0. The molecule has 0 unspecified atom stereocenters. The second-order valence-electron chi connectivity index (χ2n) is 12.4. The minimum Gasteiger partial charge on any atom is -0.309 e. The van der Waals surface area contributed by atoms with Crippen molar-refractivity contribution >= 4 is 54.5 Å². The third-order valence-electron chi connectivity index (χ3n) is 9.65. The van der Waals surface area contributed by atoms with Gasteiger partial charge < -0.3 is 9.13 Å². The van der Waals surface area contributed by atoms with Crippen LogP contribution < -0.4 is 5.56 Å². The molecule has 10 rings (SSSR count). The molecule has 0 fully saturated rings. The molecule has 3 aromatic heterocycles. The molecule has 5 nitrogen and oxygen atoms in total. The lowest BCUT2D eigenvalue weighted by atomic mass is 10.1. The molecular weight excluding hydrogens is 601 g/mol. The standard InChI is InChI=1S/C44H28N4O/c49-44-35-19-7-10-20-38(35)45-43(29-23-25-41-36(27-29)33-17-8-11-21-39(33)46(41)30-13-3-1-4-14-30)48(44)32-24-26-42-37(28-32)34-18-9-12-22-40(34)47(42)31-15-5-2-6-16-31/h1-28H. The molecule has 5 heteroatoms. The maximum atomic E-state index is 14.5. The van der Waals surface area contributed by atoms with E-state index in [4.69, 9.17) is 4.98 Å². The van der Waals surface area contributed by atoms with E-state index in [2.05, 4.69) is 137 Å². The topological polar surface area (TPSA) is 44.8 Å². The van der Waals surface area contributed by atoms with Crippen LogP contribution >= 0.6 is 0 Å². The first kappa shape index (κ1) is 27.4. The molecule has 0 bridgehead atoms. The van der Waals surface area contributed by atoms with Gasteiger partial charge in [-0.05, 0) is 84.9 Å². The maximum absolute atomic E-state index is 14.5. The average Bonchev–Trinajstić information content (AvgIpc) is 3.68. The van der Waals surface area contributed by atoms with Crippen LogP contribution in [0.5, 0.6) is 0 Å². The molecule has 49 heavy (non-hydrogen) atoms. The van der Waals surface area contributed by atoms with E-state index in [0.29, 0.717) is 16.7 Å². The van der Waals surface area contributed by atoms with Crippen LogP contribution in [0.2, 0.25) is 0 Å². The first-order valence-electron chi connectivity index (χ1n) is 16.4. The average molecular weight is 629 g/mol. The summed E-state index contributed by atoms with van der Waals surface area (Å²) in [5.74, 6) is 0.605. The van der Waals surface area contributed by atoms with Crippen LogP contribution in [0.1, 0.15) is 0 Å². The molecule has 230 valence electrons. The molecule has 0 aliphatic rings. The number of rotatable bonds is 4. The van der Waals surface area contributed by atoms with E-state index in [0.717, 1.165) is 66.2 Å². The van der Waals surface area contributed by atoms with E-state index in [1.165, 1.54) is 0 Å². The van der Waals surface area contributed by atoms with Gasteiger partial charge in [-0.2, -0.15) is 0 Å². The molecule has 0 aliphatic carbocycles. The van der Waals surface area contributed by atoms with Crippen molar-refractivity contribution in [1.82, 2.24) is 18.7 Å². The zero-order valence-electron chi connectivity index (χ0n) is 26.4. The Morgan fingerprint density at radius 2 is 0.857 bits per heavy atom. The Hall–Kier alpha value is -6.72. The molecular formula is C44H28N4O. The van der Waals surface area contributed by atoms with Crippen molar-refractivity contribution in [3.63, 3.8) is 0 Å². The number of para-hydroxylation sites is 5. The molecule has 0 N–H and O–H groups in total. The summed E-state index contributed by atoms with van der Waals surface area (Å²) >= 11 is 0. The van der Waals surface area contributed by atoms with Crippen LogP contribution in [0, 0.1) is 0 Å². The Labute approximate surface area is 281 Å². The number of fused-ring (bicyclic) bond motifs is 7. The zero-order valence-corrected chi connectivity index (χ0v) is 26.4. The van der Waals surface area contributed by atoms with Crippen LogP contribution in [0.15, 0.2) is 175 Å². The lowest BCUT2D eigenvalue weighted by Gasteiger charge is -2.15. The van der Waals surface area contributed by atoms with Gasteiger partial charge in [-0.25, -0.2) is 4.98 Å². The fourth-order valence-corrected chi connectivity index (χ4v) is 7.49. The van der Waals surface area contributed by atoms with E-state index < -0.39 is 0 Å². The van der Waals surface area contributed by atoms with Crippen LogP contribution in [-0.4, -0.2) is 18.7 Å². The Morgan fingerprint density at radius 3 is 1.49 bits per heavy atom. The maximum Gasteiger partial charge on any atom is 0.266 e. The van der Waals surface area contributed by atoms with Gasteiger partial charge in [0.2, 0.25) is 0 Å². The number of hydrogen-bond acceptors (Lipinski definition) is 2. The fourth-order valence-electron chi connectivity index (χ4n) is 7.49. The van der Waals surface area contributed by atoms with Crippen molar-refractivity contribution < 1.29 is 0 Å². The van der Waals surface area contributed by atoms with E-state index in [9.17, 15) is 4.79 Å². The SMILES string of the molecule is O=c1c2ccccc2nc(-c2ccc3c(c2)c2ccccc2n3-c2ccccc2)n1-c1ccc2c(c1)c1ccccc1n2-c1ccccc1. The summed E-state index contributed by atoms with van der Waals surface area (Å²) in [6.45, 7) is 0. The summed E-state index contributed by atoms with van der Waals surface area (Å²) < 4.78 is 6.37. The van der Waals surface area contributed by atoms with Gasteiger partial charge in [0.1, 0.15) is 5.82 Å². The lowest BCUT2D eigenvalue weighted by molar-refractivity contribution is 0.978. The third kappa shape index (κ3) is 4.12. The summed E-state index contributed by atoms with van der Waals surface area (Å²) in [7, 11) is 0.